The molecule has 6 N–H and O–H groups in total. The molecule has 40 heavy (non-hydrogen) atoms. The number of ketones is 2. The SMILES string of the molecule is Cc1cc(O)c2c(c1)C(C1c3cc(C)cc(O)c3C(=O)c3c1cc(O)c(Cl)c3O)c1cc(O)c(Cl)c(O)c1C2=O. The highest BCUT2D eigenvalue weighted by atomic mass is 35.5. The maximum atomic E-state index is 13.7. The molecule has 0 amide bonds. The van der Waals surface area contributed by atoms with Crippen molar-refractivity contribution in [1.82, 2.24) is 0 Å². The Balaban J connectivity index is 1.82. The minimum atomic E-state index is -1.01. The summed E-state index contributed by atoms with van der Waals surface area (Å²) in [6.45, 7) is 3.40. The molecule has 6 rings (SSSR count). The van der Waals surface area contributed by atoms with Crippen LogP contribution < -0.4 is 0 Å². The van der Waals surface area contributed by atoms with Crippen LogP contribution in [0.2, 0.25) is 10.0 Å². The number of phenols is 6. The van der Waals surface area contributed by atoms with Crippen molar-refractivity contribution in [3.8, 4) is 34.5 Å². The van der Waals surface area contributed by atoms with Crippen molar-refractivity contribution >= 4 is 34.8 Å². The van der Waals surface area contributed by atoms with Gasteiger partial charge in [-0.15, -0.1) is 0 Å². The second kappa shape index (κ2) is 8.55. The molecule has 0 aliphatic heterocycles. The Kier molecular flexibility index (Phi) is 5.53. The first-order chi connectivity index (χ1) is 18.8. The molecule has 2 unspecified atom stereocenters. The van der Waals surface area contributed by atoms with Gasteiger partial charge in [0.05, 0.1) is 22.3 Å². The van der Waals surface area contributed by atoms with Crippen molar-refractivity contribution in [3.63, 3.8) is 0 Å². The van der Waals surface area contributed by atoms with Crippen LogP contribution in [-0.2, 0) is 0 Å². The number of rotatable bonds is 1. The molecule has 0 spiro atoms. The highest BCUT2D eigenvalue weighted by molar-refractivity contribution is 6.35. The Bertz CT molecular complexity index is 1730. The van der Waals surface area contributed by atoms with Gasteiger partial charge >= 0.3 is 0 Å². The molecular formula is C30H20Cl2O8. The van der Waals surface area contributed by atoms with Gasteiger partial charge in [0.15, 0.2) is 0 Å². The van der Waals surface area contributed by atoms with E-state index in [0.717, 1.165) is 0 Å². The Hall–Kier alpha value is -4.40. The van der Waals surface area contributed by atoms with Crippen molar-refractivity contribution in [2.24, 2.45) is 0 Å². The predicted molar refractivity (Wildman–Crippen MR) is 146 cm³/mol. The smallest absolute Gasteiger partial charge is 0.201 e. The number of carbonyl (C=O) groups is 2. The van der Waals surface area contributed by atoms with Crippen molar-refractivity contribution in [2.45, 2.75) is 25.7 Å². The fourth-order valence-corrected chi connectivity index (χ4v) is 6.45. The van der Waals surface area contributed by atoms with Crippen molar-refractivity contribution < 1.29 is 40.2 Å². The standard InChI is InChI=1S/C30H20Cl2O8/c1-9-3-11-19(13-7-17(35)25(31)29(39)23(13)27(37)21(11)15(33)5-9)20-12-4-10(2)6-16(34)22(12)28(38)24-14(20)8-18(36)26(32)30(24)40/h3-8,19-20,33-36,39-40H,1-2H3. The number of aromatic hydroxyl groups is 6. The van der Waals surface area contributed by atoms with Crippen molar-refractivity contribution in [1.29, 1.82) is 0 Å². The summed E-state index contributed by atoms with van der Waals surface area (Å²) in [6, 6.07) is 8.54. The molecule has 0 bridgehead atoms. The first kappa shape index (κ1) is 25.9. The van der Waals surface area contributed by atoms with Crippen LogP contribution in [0.1, 0.15) is 77.1 Å². The molecule has 0 fully saturated rings. The molecule has 2 aliphatic rings. The lowest BCUT2D eigenvalue weighted by Crippen LogP contribution is -2.30. The number of fused-ring (bicyclic) bond motifs is 4. The van der Waals surface area contributed by atoms with Gasteiger partial charge in [0.1, 0.15) is 44.5 Å². The number of aryl methyl sites for hydroxylation is 2. The zero-order valence-corrected chi connectivity index (χ0v) is 22.4. The number of hydrogen-bond acceptors (Lipinski definition) is 8. The lowest BCUT2D eigenvalue weighted by atomic mass is 9.63. The van der Waals surface area contributed by atoms with E-state index in [1.807, 2.05) is 0 Å². The molecule has 2 atom stereocenters. The second-order valence-corrected chi connectivity index (χ2v) is 10.9. The van der Waals surface area contributed by atoms with Gasteiger partial charge in [0.2, 0.25) is 11.6 Å². The molecule has 0 heterocycles. The van der Waals surface area contributed by atoms with Gasteiger partial charge in [-0.25, -0.2) is 0 Å². The van der Waals surface area contributed by atoms with Crippen LogP contribution in [0.15, 0.2) is 36.4 Å². The number of phenolic OH excluding ortho intramolecular Hbond substituents is 6. The van der Waals surface area contributed by atoms with E-state index in [9.17, 15) is 40.2 Å². The summed E-state index contributed by atoms with van der Waals surface area (Å²) >= 11 is 12.2. The lowest BCUT2D eigenvalue weighted by Gasteiger charge is -2.39. The van der Waals surface area contributed by atoms with Crippen molar-refractivity contribution in [3.05, 3.63) is 102 Å². The van der Waals surface area contributed by atoms with Gasteiger partial charge in [-0.1, -0.05) is 35.3 Å². The van der Waals surface area contributed by atoms with Crippen LogP contribution in [0, 0.1) is 13.8 Å². The van der Waals surface area contributed by atoms with E-state index in [-0.39, 0.29) is 44.9 Å². The summed E-state index contributed by atoms with van der Waals surface area (Å²) in [5, 5.41) is 64.1. The van der Waals surface area contributed by atoms with E-state index in [0.29, 0.717) is 22.3 Å². The average Bonchev–Trinajstić information content (AvgIpc) is 2.86. The van der Waals surface area contributed by atoms with Gasteiger partial charge in [0.25, 0.3) is 0 Å². The Morgan fingerprint density at radius 3 is 1.18 bits per heavy atom. The third-order valence-electron chi connectivity index (χ3n) is 7.67. The molecule has 0 saturated heterocycles. The molecule has 0 radical (unpaired) electrons. The first-order valence-electron chi connectivity index (χ1n) is 12.1. The number of hydrogen-bond donors (Lipinski definition) is 6. The Labute approximate surface area is 236 Å². The van der Waals surface area contributed by atoms with Gasteiger partial charge < -0.3 is 30.6 Å². The molecule has 202 valence electrons. The maximum Gasteiger partial charge on any atom is 0.201 e. The molecule has 2 aliphatic carbocycles. The predicted octanol–water partition coefficient (Wildman–Crippen LogP) is 5.90. The highest BCUT2D eigenvalue weighted by Crippen LogP contribution is 2.58. The van der Waals surface area contributed by atoms with Crippen LogP contribution in [0.25, 0.3) is 0 Å². The first-order valence-corrected chi connectivity index (χ1v) is 12.8. The summed E-state index contributed by atoms with van der Waals surface area (Å²) in [5.74, 6) is -6.63. The minimum absolute atomic E-state index is 0.119. The van der Waals surface area contributed by atoms with E-state index in [2.05, 4.69) is 0 Å². The fraction of sp³-hybridized carbons (Fsp3) is 0.133. The van der Waals surface area contributed by atoms with Gasteiger partial charge in [-0.3, -0.25) is 9.59 Å². The van der Waals surface area contributed by atoms with E-state index in [1.165, 1.54) is 24.3 Å². The molecule has 0 aromatic heterocycles. The van der Waals surface area contributed by atoms with E-state index in [1.54, 1.807) is 26.0 Å². The third-order valence-corrected chi connectivity index (χ3v) is 8.41. The summed E-state index contributed by atoms with van der Waals surface area (Å²) in [5.41, 5.74) is 1.21. The van der Waals surface area contributed by atoms with Gasteiger partial charge in [0, 0.05) is 11.8 Å². The summed E-state index contributed by atoms with van der Waals surface area (Å²) in [4.78, 5) is 27.4. The van der Waals surface area contributed by atoms with E-state index in [4.69, 9.17) is 23.2 Å². The number of carbonyl (C=O) groups excluding carboxylic acids is 2. The molecular weight excluding hydrogens is 559 g/mol. The monoisotopic (exact) mass is 578 g/mol. The summed E-state index contributed by atoms with van der Waals surface area (Å²) in [6.07, 6.45) is 0. The molecule has 10 heteroatoms. The highest BCUT2D eigenvalue weighted by Gasteiger charge is 2.46. The summed E-state index contributed by atoms with van der Waals surface area (Å²) in [7, 11) is 0. The van der Waals surface area contributed by atoms with E-state index >= 15 is 0 Å². The normalized spacial score (nSPS) is 17.2. The maximum absolute atomic E-state index is 13.7. The molecule has 4 aromatic carbocycles. The summed E-state index contributed by atoms with van der Waals surface area (Å²) < 4.78 is 0. The topological polar surface area (TPSA) is 156 Å². The molecule has 4 aromatic rings. The Morgan fingerprint density at radius 1 is 0.500 bits per heavy atom. The fourth-order valence-electron chi connectivity index (χ4n) is 6.15. The number of halogens is 2. The van der Waals surface area contributed by atoms with Crippen LogP contribution >= 0.6 is 23.2 Å². The second-order valence-electron chi connectivity index (χ2n) is 10.2. The zero-order valence-electron chi connectivity index (χ0n) is 20.9. The van der Waals surface area contributed by atoms with Gasteiger partial charge in [-0.2, -0.15) is 0 Å². The Morgan fingerprint density at radius 2 is 0.825 bits per heavy atom. The van der Waals surface area contributed by atoms with Crippen LogP contribution in [-0.4, -0.2) is 42.2 Å². The van der Waals surface area contributed by atoms with Crippen LogP contribution in [0.4, 0.5) is 0 Å². The van der Waals surface area contributed by atoms with Crippen molar-refractivity contribution in [2.75, 3.05) is 0 Å². The lowest BCUT2D eigenvalue weighted by molar-refractivity contribution is 0.101. The quantitative estimate of drug-likeness (QED) is 0.163. The van der Waals surface area contributed by atoms with Crippen LogP contribution in [0.5, 0.6) is 34.5 Å². The van der Waals surface area contributed by atoms with Gasteiger partial charge in [-0.05, 0) is 71.5 Å². The number of benzene rings is 4. The molecule has 0 saturated carbocycles. The zero-order chi connectivity index (χ0) is 28.9. The van der Waals surface area contributed by atoms with Crippen LogP contribution in [0.3, 0.4) is 0 Å². The van der Waals surface area contributed by atoms with E-state index < -0.39 is 56.4 Å². The average molecular weight is 579 g/mol. The minimum Gasteiger partial charge on any atom is -0.507 e. The third kappa shape index (κ3) is 3.33. The molecule has 8 nitrogen and oxygen atoms in total. The largest absolute Gasteiger partial charge is 0.507 e.